The number of carbonyl (C=O) groups is 2. The first-order chi connectivity index (χ1) is 24.7. The minimum Gasteiger partial charge on any atom is -0.478 e. The highest BCUT2D eigenvalue weighted by Crippen LogP contribution is 2.46. The van der Waals surface area contributed by atoms with E-state index in [0.29, 0.717) is 0 Å². The number of nitrogens with one attached hydrogen (secondary N) is 1. The van der Waals surface area contributed by atoms with E-state index in [1.54, 1.807) is 57.7 Å². The number of aromatic nitrogens is 4. The molecule has 0 radical (unpaired) electrons. The van der Waals surface area contributed by atoms with E-state index in [-0.39, 0.29) is 5.91 Å². The molecule has 264 valence electrons. The maximum atomic E-state index is 11.9. The molecule has 2 aliphatic heterocycles. The number of nitrogens with two attached hydrogens (primary N) is 1. The fraction of sp³-hybridized carbons (Fsp3) is 0.278. The summed E-state index contributed by atoms with van der Waals surface area (Å²) < 4.78 is 2.28. The molecule has 0 saturated carbocycles. The second-order valence-electron chi connectivity index (χ2n) is 11.6. The Bertz CT molecular complexity index is 2150. The van der Waals surface area contributed by atoms with Crippen LogP contribution in [-0.2, 0) is 35.5 Å². The maximum Gasteiger partial charge on any atom is 0.327 e. The van der Waals surface area contributed by atoms with Gasteiger partial charge in [0.2, 0.25) is 5.91 Å². The SMILES string of the molecule is C=CC(=O)Nc1sc2c(c1-c1nc3cnccc3s1)CCN(CC)C2.C=CC(=O)O.CCN1CCc2c(sc(N)c2-c2nc3cnccc3s2)C1. The van der Waals surface area contributed by atoms with Crippen LogP contribution in [0.3, 0.4) is 0 Å². The van der Waals surface area contributed by atoms with Crippen LogP contribution in [0.25, 0.3) is 41.6 Å². The zero-order valence-corrected chi connectivity index (χ0v) is 31.6. The average Bonchev–Trinajstić information content (AvgIpc) is 3.92. The molecule has 0 bridgehead atoms. The molecule has 2 aliphatic rings. The number of hydrogen-bond acceptors (Lipinski definition) is 13. The highest BCUT2D eigenvalue weighted by molar-refractivity contribution is 7.23. The Hall–Kier alpha value is -4.38. The molecule has 0 spiro atoms. The van der Waals surface area contributed by atoms with Crippen LogP contribution in [0.2, 0.25) is 0 Å². The lowest BCUT2D eigenvalue weighted by Gasteiger charge is -2.25. The second kappa shape index (κ2) is 16.3. The normalized spacial score (nSPS) is 14.1. The summed E-state index contributed by atoms with van der Waals surface area (Å²) in [7, 11) is 0. The van der Waals surface area contributed by atoms with Crippen LogP contribution in [0.4, 0.5) is 10.0 Å². The lowest BCUT2D eigenvalue weighted by atomic mass is 10.0. The standard InChI is InChI=1S/C18H18N4OS2.C15H16N4S2.C3H4O2/c1-3-15(23)21-18-16(11-6-8-22(4-2)10-14(11)25-18)17-20-12-9-19-7-5-13(12)24-17;1-2-19-6-4-9-12(8-19)20-14(16)13(9)15-18-10-7-17-5-3-11(10)21-15;1-2-3(4)5/h3,5,7,9H,1,4,6,8,10H2,2H3,(H,21,23);3,5,7H,2,4,6,8,16H2,1H3;2H,1H2,(H,4,5). The molecule has 6 aromatic heterocycles. The van der Waals surface area contributed by atoms with E-state index in [0.717, 1.165) is 99.5 Å². The number of carboxylic acids is 1. The number of amides is 1. The summed E-state index contributed by atoms with van der Waals surface area (Å²) in [6.07, 6.45) is 11.4. The number of pyridine rings is 2. The van der Waals surface area contributed by atoms with Crippen molar-refractivity contribution in [2.45, 2.75) is 39.8 Å². The summed E-state index contributed by atoms with van der Waals surface area (Å²) >= 11 is 6.75. The number of thiazole rings is 2. The van der Waals surface area contributed by atoms with E-state index in [9.17, 15) is 9.59 Å². The van der Waals surface area contributed by atoms with Crippen molar-refractivity contribution in [3.8, 4) is 21.1 Å². The molecule has 51 heavy (non-hydrogen) atoms. The minimum atomic E-state index is -0.981. The molecular weight excluding hydrogens is 721 g/mol. The third-order valence-corrected chi connectivity index (χ3v) is 12.9. The third-order valence-electron chi connectivity index (χ3n) is 8.60. The Balaban J connectivity index is 0.000000157. The molecule has 0 unspecified atom stereocenters. The van der Waals surface area contributed by atoms with Gasteiger partial charge in [-0.05, 0) is 55.3 Å². The molecule has 8 rings (SSSR count). The van der Waals surface area contributed by atoms with Gasteiger partial charge in [0.05, 0.1) is 26.8 Å². The summed E-state index contributed by atoms with van der Waals surface area (Å²) in [5.74, 6) is -1.17. The van der Waals surface area contributed by atoms with Crippen molar-refractivity contribution in [1.29, 1.82) is 0 Å². The largest absolute Gasteiger partial charge is 0.478 e. The lowest BCUT2D eigenvalue weighted by molar-refractivity contribution is -0.131. The smallest absolute Gasteiger partial charge is 0.327 e. The summed E-state index contributed by atoms with van der Waals surface area (Å²) in [6.45, 7) is 17.1. The Morgan fingerprint density at radius 3 is 1.84 bits per heavy atom. The number of rotatable bonds is 7. The fourth-order valence-corrected chi connectivity index (χ4v) is 10.6. The van der Waals surface area contributed by atoms with Gasteiger partial charge in [-0.3, -0.25) is 24.6 Å². The zero-order chi connectivity index (χ0) is 36.1. The molecule has 6 aromatic rings. The van der Waals surface area contributed by atoms with Crippen molar-refractivity contribution in [1.82, 2.24) is 29.7 Å². The number of fused-ring (bicyclic) bond motifs is 4. The number of thiophene rings is 2. The van der Waals surface area contributed by atoms with Crippen molar-refractivity contribution in [3.05, 3.63) is 83.1 Å². The summed E-state index contributed by atoms with van der Waals surface area (Å²) in [5.41, 5.74) is 13.2. The van der Waals surface area contributed by atoms with Crippen LogP contribution in [0.1, 0.15) is 34.7 Å². The Morgan fingerprint density at radius 1 is 0.843 bits per heavy atom. The number of carboxylic acid groups (broad SMARTS) is 1. The van der Waals surface area contributed by atoms with Crippen molar-refractivity contribution in [2.75, 3.05) is 37.2 Å². The predicted molar refractivity (Wildman–Crippen MR) is 212 cm³/mol. The predicted octanol–water partition coefficient (Wildman–Crippen LogP) is 7.56. The van der Waals surface area contributed by atoms with Crippen molar-refractivity contribution < 1.29 is 14.7 Å². The van der Waals surface area contributed by atoms with Gasteiger partial charge < -0.3 is 16.2 Å². The monoisotopic (exact) mass is 758 g/mol. The molecule has 0 aliphatic carbocycles. The second-order valence-corrected chi connectivity index (χ2v) is 16.0. The van der Waals surface area contributed by atoms with Crippen molar-refractivity contribution in [2.24, 2.45) is 0 Å². The van der Waals surface area contributed by atoms with E-state index in [4.69, 9.17) is 20.8 Å². The quantitative estimate of drug-likeness (QED) is 0.139. The number of hydrogen-bond donors (Lipinski definition) is 3. The number of anilines is 2. The summed E-state index contributed by atoms with van der Waals surface area (Å²) in [5, 5.41) is 14.4. The van der Waals surface area contributed by atoms with E-state index in [2.05, 4.69) is 52.1 Å². The van der Waals surface area contributed by atoms with Crippen molar-refractivity contribution in [3.63, 3.8) is 0 Å². The van der Waals surface area contributed by atoms with Gasteiger partial charge in [-0.25, -0.2) is 14.8 Å². The first-order valence-corrected chi connectivity index (χ1v) is 19.7. The van der Waals surface area contributed by atoms with Gasteiger partial charge in [0, 0.05) is 65.5 Å². The average molecular weight is 759 g/mol. The van der Waals surface area contributed by atoms with E-state index in [1.807, 2.05) is 24.5 Å². The first-order valence-electron chi connectivity index (χ1n) is 16.4. The van der Waals surface area contributed by atoms with Crippen molar-refractivity contribution >= 4 is 87.7 Å². The summed E-state index contributed by atoms with van der Waals surface area (Å²) in [6, 6.07) is 4.00. The van der Waals surface area contributed by atoms with E-state index in [1.165, 1.54) is 37.2 Å². The highest BCUT2D eigenvalue weighted by Gasteiger charge is 2.28. The molecule has 0 atom stereocenters. The van der Waals surface area contributed by atoms with Crippen LogP contribution in [0.15, 0.2) is 62.2 Å². The zero-order valence-electron chi connectivity index (χ0n) is 28.3. The van der Waals surface area contributed by atoms with Gasteiger partial charge in [0.25, 0.3) is 0 Å². The molecule has 4 N–H and O–H groups in total. The summed E-state index contributed by atoms with van der Waals surface area (Å²) in [4.78, 5) is 46.6. The molecule has 0 saturated heterocycles. The Labute approximate surface area is 311 Å². The van der Waals surface area contributed by atoms with Gasteiger partial charge in [0.15, 0.2) is 0 Å². The number of nitrogens with zero attached hydrogens (tertiary/aromatic N) is 6. The van der Waals surface area contributed by atoms with Crippen LogP contribution >= 0.6 is 45.3 Å². The molecule has 1 amide bonds. The molecule has 11 nitrogen and oxygen atoms in total. The lowest BCUT2D eigenvalue weighted by Crippen LogP contribution is -2.29. The number of nitrogen functional groups attached to an aromatic ring is 1. The van der Waals surface area contributed by atoms with Gasteiger partial charge in [-0.2, -0.15) is 0 Å². The van der Waals surface area contributed by atoms with Gasteiger partial charge in [0.1, 0.15) is 26.0 Å². The van der Waals surface area contributed by atoms with Crippen LogP contribution in [0.5, 0.6) is 0 Å². The number of likely N-dealkylation sites (N-methyl/N-ethyl adjacent to an activating group) is 2. The molecular formula is C36H38N8O3S4. The van der Waals surface area contributed by atoms with E-state index >= 15 is 0 Å². The molecule has 15 heteroatoms. The third kappa shape index (κ3) is 8.08. The van der Waals surface area contributed by atoms with Gasteiger partial charge in [-0.1, -0.05) is 27.0 Å². The number of aliphatic carboxylic acids is 1. The van der Waals surface area contributed by atoms with Gasteiger partial charge in [-0.15, -0.1) is 45.3 Å². The Kier molecular flexibility index (Phi) is 11.6. The number of carbonyl (C=O) groups excluding carboxylic acids is 1. The van der Waals surface area contributed by atoms with Crippen LogP contribution in [-0.4, -0.2) is 72.9 Å². The van der Waals surface area contributed by atoms with E-state index < -0.39 is 5.97 Å². The fourth-order valence-electron chi connectivity index (χ4n) is 5.96. The highest BCUT2D eigenvalue weighted by atomic mass is 32.1. The minimum absolute atomic E-state index is 0.185. The maximum absolute atomic E-state index is 11.9. The van der Waals surface area contributed by atoms with Crippen LogP contribution < -0.4 is 11.1 Å². The molecule has 0 fully saturated rings. The van der Waals surface area contributed by atoms with Gasteiger partial charge >= 0.3 is 5.97 Å². The van der Waals surface area contributed by atoms with Crippen LogP contribution in [0, 0.1) is 0 Å². The molecule has 0 aromatic carbocycles. The first kappa shape index (κ1) is 36.4. The molecule has 8 heterocycles. The Morgan fingerprint density at radius 2 is 1.35 bits per heavy atom. The topological polar surface area (TPSA) is 150 Å².